The first-order valence-corrected chi connectivity index (χ1v) is 11.5. The lowest BCUT2D eigenvalue weighted by molar-refractivity contribution is 0.242. The number of hydrogen-bond donors (Lipinski definition) is 0. The minimum absolute atomic E-state index is 0.199. The van der Waals surface area contributed by atoms with E-state index in [1.807, 2.05) is 0 Å². The van der Waals surface area contributed by atoms with Crippen LogP contribution in [-0.2, 0) is 0 Å². The monoisotopic (exact) mass is 398 g/mol. The van der Waals surface area contributed by atoms with Gasteiger partial charge in [0.05, 0.1) is 6.10 Å². The van der Waals surface area contributed by atoms with Gasteiger partial charge in [0, 0.05) is 0 Å². The molecule has 0 saturated heterocycles. The topological polar surface area (TPSA) is 9.23 Å². The number of aryl methyl sites for hydroxylation is 1. The molecule has 1 nitrogen and oxygen atoms in total. The van der Waals surface area contributed by atoms with E-state index in [0.717, 1.165) is 17.6 Å². The lowest BCUT2D eigenvalue weighted by atomic mass is 9.79. The third-order valence-electron chi connectivity index (χ3n) is 6.49. The fraction of sp³-hybridized carbons (Fsp3) is 0.379. The van der Waals surface area contributed by atoms with E-state index in [2.05, 4.69) is 94.4 Å². The zero-order valence-corrected chi connectivity index (χ0v) is 18.8. The summed E-state index contributed by atoms with van der Waals surface area (Å²) in [6.07, 6.45) is 5.63. The van der Waals surface area contributed by atoms with Gasteiger partial charge in [0.2, 0.25) is 0 Å². The average molecular weight is 399 g/mol. The smallest absolute Gasteiger partial charge is 0.119 e. The molecule has 1 heteroatoms. The summed E-state index contributed by atoms with van der Waals surface area (Å²) in [7, 11) is 0. The molecule has 3 aromatic rings. The minimum Gasteiger partial charge on any atom is -0.491 e. The molecule has 0 amide bonds. The lowest BCUT2D eigenvalue weighted by Crippen LogP contribution is -2.10. The Morgan fingerprint density at radius 2 is 1.33 bits per heavy atom. The van der Waals surface area contributed by atoms with Crippen molar-refractivity contribution in [2.45, 2.75) is 65.4 Å². The molecule has 0 aromatic heterocycles. The zero-order chi connectivity index (χ0) is 21.1. The first kappa shape index (κ1) is 20.7. The molecule has 0 spiro atoms. The second kappa shape index (κ2) is 9.08. The summed E-state index contributed by atoms with van der Waals surface area (Å²) in [6.45, 7) is 8.70. The maximum absolute atomic E-state index is 5.77. The van der Waals surface area contributed by atoms with Crippen molar-refractivity contribution in [1.82, 2.24) is 0 Å². The van der Waals surface area contributed by atoms with Crippen molar-refractivity contribution in [3.63, 3.8) is 0 Å². The van der Waals surface area contributed by atoms with Crippen LogP contribution < -0.4 is 4.74 Å². The molecule has 3 aromatic carbocycles. The molecule has 0 bridgehead atoms. The van der Waals surface area contributed by atoms with Gasteiger partial charge in [-0.25, -0.2) is 0 Å². The van der Waals surface area contributed by atoms with Crippen LogP contribution in [0.4, 0.5) is 0 Å². The summed E-state index contributed by atoms with van der Waals surface area (Å²) in [4.78, 5) is 0. The van der Waals surface area contributed by atoms with Gasteiger partial charge in [-0.15, -0.1) is 0 Å². The van der Waals surface area contributed by atoms with Crippen molar-refractivity contribution in [2.24, 2.45) is 5.92 Å². The van der Waals surface area contributed by atoms with Crippen LogP contribution in [0.25, 0.3) is 22.3 Å². The van der Waals surface area contributed by atoms with Gasteiger partial charge < -0.3 is 4.74 Å². The first-order chi connectivity index (χ1) is 14.5. The van der Waals surface area contributed by atoms with Gasteiger partial charge in [-0.3, -0.25) is 0 Å². The lowest BCUT2D eigenvalue weighted by Gasteiger charge is -2.26. The average Bonchev–Trinajstić information content (AvgIpc) is 2.75. The Hall–Kier alpha value is -2.54. The fourth-order valence-corrected chi connectivity index (χ4v) is 4.69. The molecule has 1 saturated carbocycles. The van der Waals surface area contributed by atoms with Gasteiger partial charge in [-0.1, -0.05) is 74.4 Å². The fourth-order valence-electron chi connectivity index (χ4n) is 4.69. The summed E-state index contributed by atoms with van der Waals surface area (Å²) in [6, 6.07) is 24.6. The third-order valence-corrected chi connectivity index (χ3v) is 6.49. The van der Waals surface area contributed by atoms with E-state index in [0.29, 0.717) is 0 Å². The molecule has 1 aliphatic carbocycles. The van der Waals surface area contributed by atoms with Crippen LogP contribution >= 0.6 is 0 Å². The van der Waals surface area contributed by atoms with Crippen molar-refractivity contribution < 1.29 is 4.74 Å². The Labute approximate surface area is 182 Å². The zero-order valence-electron chi connectivity index (χ0n) is 18.8. The molecule has 0 N–H and O–H groups in total. The van der Waals surface area contributed by atoms with Crippen molar-refractivity contribution in [3.05, 3.63) is 77.9 Å². The van der Waals surface area contributed by atoms with Crippen molar-refractivity contribution in [3.8, 4) is 28.0 Å². The Balaban J connectivity index is 1.50. The van der Waals surface area contributed by atoms with E-state index in [4.69, 9.17) is 4.74 Å². The molecule has 30 heavy (non-hydrogen) atoms. The van der Waals surface area contributed by atoms with Gasteiger partial charge in [0.15, 0.2) is 0 Å². The molecular formula is C29H34O. The Morgan fingerprint density at radius 1 is 0.733 bits per heavy atom. The highest BCUT2D eigenvalue weighted by molar-refractivity contribution is 5.74. The Kier molecular flexibility index (Phi) is 6.27. The van der Waals surface area contributed by atoms with Crippen LogP contribution in [0.5, 0.6) is 5.75 Å². The van der Waals surface area contributed by atoms with E-state index in [1.54, 1.807) is 0 Å². The molecular weight excluding hydrogens is 364 g/mol. The highest BCUT2D eigenvalue weighted by Gasteiger charge is 2.19. The van der Waals surface area contributed by atoms with Gasteiger partial charge >= 0.3 is 0 Å². The quantitative estimate of drug-likeness (QED) is 0.419. The predicted molar refractivity (Wildman–Crippen MR) is 128 cm³/mol. The molecule has 0 aliphatic heterocycles. The van der Waals surface area contributed by atoms with Gasteiger partial charge in [0.25, 0.3) is 0 Å². The Morgan fingerprint density at radius 3 is 1.93 bits per heavy atom. The van der Waals surface area contributed by atoms with Gasteiger partial charge in [0.1, 0.15) is 5.75 Å². The minimum atomic E-state index is 0.199. The van der Waals surface area contributed by atoms with Gasteiger partial charge in [-0.2, -0.15) is 0 Å². The highest BCUT2D eigenvalue weighted by atomic mass is 16.5. The van der Waals surface area contributed by atoms with E-state index in [-0.39, 0.29) is 6.10 Å². The van der Waals surface area contributed by atoms with Crippen LogP contribution in [0.1, 0.15) is 63.5 Å². The van der Waals surface area contributed by atoms with Crippen molar-refractivity contribution in [2.75, 3.05) is 0 Å². The molecule has 1 fully saturated rings. The van der Waals surface area contributed by atoms with Crippen LogP contribution in [-0.4, -0.2) is 6.10 Å². The summed E-state index contributed by atoms with van der Waals surface area (Å²) in [5.41, 5.74) is 7.93. The van der Waals surface area contributed by atoms with Crippen LogP contribution in [0.3, 0.4) is 0 Å². The molecule has 0 atom stereocenters. The van der Waals surface area contributed by atoms with Crippen LogP contribution in [0.15, 0.2) is 66.7 Å². The molecule has 156 valence electrons. The number of hydrogen-bond acceptors (Lipinski definition) is 1. The summed E-state index contributed by atoms with van der Waals surface area (Å²) < 4.78 is 5.77. The first-order valence-electron chi connectivity index (χ1n) is 11.5. The van der Waals surface area contributed by atoms with E-state index >= 15 is 0 Å². The summed E-state index contributed by atoms with van der Waals surface area (Å²) >= 11 is 0. The van der Waals surface area contributed by atoms with Crippen molar-refractivity contribution in [1.29, 1.82) is 0 Å². The normalized spacial score (nSPS) is 19.1. The molecule has 1 aliphatic rings. The van der Waals surface area contributed by atoms with E-state index in [1.165, 1.54) is 59.1 Å². The predicted octanol–water partition coefficient (Wildman–Crippen LogP) is 8.41. The largest absolute Gasteiger partial charge is 0.491 e. The molecule has 0 unspecified atom stereocenters. The van der Waals surface area contributed by atoms with Crippen LogP contribution in [0.2, 0.25) is 0 Å². The third kappa shape index (κ3) is 4.78. The molecule has 0 radical (unpaired) electrons. The number of rotatable bonds is 5. The van der Waals surface area contributed by atoms with Crippen LogP contribution in [0, 0.1) is 12.8 Å². The van der Waals surface area contributed by atoms with Crippen molar-refractivity contribution >= 4 is 0 Å². The second-order valence-electron chi connectivity index (χ2n) is 9.30. The van der Waals surface area contributed by atoms with E-state index < -0.39 is 0 Å². The maximum atomic E-state index is 5.77. The summed E-state index contributed by atoms with van der Waals surface area (Å²) in [5.74, 6) is 2.58. The van der Waals surface area contributed by atoms with Gasteiger partial charge in [-0.05, 0) is 91.0 Å². The second-order valence-corrected chi connectivity index (χ2v) is 9.30. The SMILES string of the molecule is Cc1cc(-c2ccc(C3CCC(C)CC3)cc2)ccc1-c1ccc(OC(C)C)cc1. The number of benzene rings is 3. The maximum Gasteiger partial charge on any atom is 0.119 e. The standard InChI is InChI=1S/C29H34O/c1-20(2)30-28-16-13-26(14-17-28)29-18-15-27(19-22(29)4)25-11-9-24(10-12-25)23-7-5-21(3)6-8-23/h9-21,23H,5-8H2,1-4H3. The summed E-state index contributed by atoms with van der Waals surface area (Å²) in [5, 5.41) is 0. The highest BCUT2D eigenvalue weighted by Crippen LogP contribution is 2.36. The molecule has 0 heterocycles. The Bertz CT molecular complexity index is 958. The molecule has 4 rings (SSSR count). The van der Waals surface area contributed by atoms with E-state index in [9.17, 15) is 0 Å². The number of ether oxygens (including phenoxy) is 1.